The molecule has 0 aromatic heterocycles. The Morgan fingerprint density at radius 3 is 2.44 bits per heavy atom. The molecule has 0 saturated heterocycles. The summed E-state index contributed by atoms with van der Waals surface area (Å²) >= 11 is 0. The maximum absolute atomic E-state index is 11.9. The molecule has 0 spiro atoms. The number of primary amides is 1. The highest BCUT2D eigenvalue weighted by Gasteiger charge is 2.21. The molecule has 1 aromatic rings. The summed E-state index contributed by atoms with van der Waals surface area (Å²) in [5, 5.41) is 0. The van der Waals surface area contributed by atoms with Crippen molar-refractivity contribution in [3.63, 3.8) is 0 Å². The number of benzene rings is 1. The molecule has 1 rings (SSSR count). The predicted molar refractivity (Wildman–Crippen MR) is 60.1 cm³/mol. The Hall–Kier alpha value is -1.84. The van der Waals surface area contributed by atoms with Gasteiger partial charge >= 0.3 is 6.09 Å². The van der Waals surface area contributed by atoms with Crippen LogP contribution in [-0.4, -0.2) is 18.0 Å². The molecule has 0 aliphatic carbocycles. The number of hydrogen-bond acceptors (Lipinski definition) is 3. The van der Waals surface area contributed by atoms with Crippen molar-refractivity contribution in [2.75, 3.05) is 0 Å². The molecule has 0 saturated carbocycles. The molecule has 0 aliphatic heterocycles. The number of nitrogens with two attached hydrogens (primary N) is 1. The summed E-state index contributed by atoms with van der Waals surface area (Å²) in [6, 6.07) is 8.73. The van der Waals surface area contributed by atoms with Gasteiger partial charge in [0.2, 0.25) is 5.78 Å². The number of ketones is 1. The molecule has 0 radical (unpaired) electrons. The molecule has 1 aromatic carbocycles. The molecule has 1 unspecified atom stereocenters. The van der Waals surface area contributed by atoms with E-state index in [-0.39, 0.29) is 5.78 Å². The SMILES string of the molecule is CCCC(OC(N)=O)C(=O)c1ccccc1. The number of carbonyl (C=O) groups excluding carboxylic acids is 2. The summed E-state index contributed by atoms with van der Waals surface area (Å²) in [6.45, 7) is 1.91. The van der Waals surface area contributed by atoms with Crippen LogP contribution in [0.1, 0.15) is 30.1 Å². The lowest BCUT2D eigenvalue weighted by atomic mass is 10.0. The molecule has 0 bridgehead atoms. The highest BCUT2D eigenvalue weighted by Crippen LogP contribution is 2.11. The van der Waals surface area contributed by atoms with Crippen LogP contribution in [0.25, 0.3) is 0 Å². The fraction of sp³-hybridized carbons (Fsp3) is 0.333. The molecule has 4 nitrogen and oxygen atoms in total. The van der Waals surface area contributed by atoms with Gasteiger partial charge in [-0.15, -0.1) is 0 Å². The second-order valence-corrected chi connectivity index (χ2v) is 3.44. The van der Waals surface area contributed by atoms with Crippen LogP contribution in [0.5, 0.6) is 0 Å². The van der Waals surface area contributed by atoms with E-state index in [1.54, 1.807) is 24.3 Å². The second-order valence-electron chi connectivity index (χ2n) is 3.44. The molecule has 1 atom stereocenters. The minimum atomic E-state index is -0.914. The number of rotatable bonds is 5. The van der Waals surface area contributed by atoms with Crippen LogP contribution < -0.4 is 5.73 Å². The highest BCUT2D eigenvalue weighted by molar-refractivity contribution is 6.00. The van der Waals surface area contributed by atoms with E-state index in [9.17, 15) is 9.59 Å². The summed E-state index contributed by atoms with van der Waals surface area (Å²) < 4.78 is 4.80. The normalized spacial score (nSPS) is 11.8. The van der Waals surface area contributed by atoms with E-state index < -0.39 is 12.2 Å². The van der Waals surface area contributed by atoms with Gasteiger partial charge in [0.15, 0.2) is 6.10 Å². The molecule has 0 fully saturated rings. The first-order valence-corrected chi connectivity index (χ1v) is 5.20. The lowest BCUT2D eigenvalue weighted by Crippen LogP contribution is -2.30. The zero-order valence-electron chi connectivity index (χ0n) is 9.18. The summed E-state index contributed by atoms with van der Waals surface area (Å²) in [5.41, 5.74) is 5.46. The van der Waals surface area contributed by atoms with Gasteiger partial charge in [-0.25, -0.2) is 4.79 Å². The highest BCUT2D eigenvalue weighted by atomic mass is 16.6. The van der Waals surface area contributed by atoms with Crippen LogP contribution in [0.15, 0.2) is 30.3 Å². The lowest BCUT2D eigenvalue weighted by Gasteiger charge is -2.14. The monoisotopic (exact) mass is 221 g/mol. The summed E-state index contributed by atoms with van der Waals surface area (Å²) in [4.78, 5) is 22.6. The third-order valence-electron chi connectivity index (χ3n) is 2.16. The Bertz CT molecular complexity index is 362. The first-order valence-electron chi connectivity index (χ1n) is 5.20. The fourth-order valence-electron chi connectivity index (χ4n) is 1.43. The number of hydrogen-bond donors (Lipinski definition) is 1. The van der Waals surface area contributed by atoms with Crippen molar-refractivity contribution >= 4 is 11.9 Å². The third-order valence-corrected chi connectivity index (χ3v) is 2.16. The molecule has 1 amide bonds. The maximum atomic E-state index is 11.9. The molecular formula is C12H15NO3. The minimum Gasteiger partial charge on any atom is -0.438 e. The van der Waals surface area contributed by atoms with E-state index in [1.165, 1.54) is 0 Å². The Morgan fingerprint density at radius 1 is 1.31 bits per heavy atom. The number of amides is 1. The molecular weight excluding hydrogens is 206 g/mol. The van der Waals surface area contributed by atoms with E-state index in [0.717, 1.165) is 6.42 Å². The van der Waals surface area contributed by atoms with E-state index in [0.29, 0.717) is 12.0 Å². The Labute approximate surface area is 94.4 Å². The Balaban J connectivity index is 2.78. The van der Waals surface area contributed by atoms with Crippen LogP contribution in [0, 0.1) is 0 Å². The molecule has 0 aliphatic rings. The van der Waals surface area contributed by atoms with Gasteiger partial charge in [-0.3, -0.25) is 4.79 Å². The summed E-state index contributed by atoms with van der Waals surface area (Å²) in [6.07, 6.45) is -0.458. The molecule has 86 valence electrons. The van der Waals surface area contributed by atoms with Gasteiger partial charge in [-0.1, -0.05) is 43.7 Å². The number of carbonyl (C=O) groups is 2. The largest absolute Gasteiger partial charge is 0.438 e. The average molecular weight is 221 g/mol. The molecule has 0 heterocycles. The van der Waals surface area contributed by atoms with Gasteiger partial charge in [0.05, 0.1) is 0 Å². The van der Waals surface area contributed by atoms with Gasteiger partial charge in [-0.2, -0.15) is 0 Å². The smallest absolute Gasteiger partial charge is 0.405 e. The van der Waals surface area contributed by atoms with Crippen molar-refractivity contribution in [3.05, 3.63) is 35.9 Å². The maximum Gasteiger partial charge on any atom is 0.405 e. The van der Waals surface area contributed by atoms with Crippen LogP contribution in [0.2, 0.25) is 0 Å². The number of Topliss-reactive ketones (excluding diaryl/α,β-unsaturated/α-hetero) is 1. The average Bonchev–Trinajstić information content (AvgIpc) is 2.28. The van der Waals surface area contributed by atoms with E-state index in [1.807, 2.05) is 13.0 Å². The van der Waals surface area contributed by atoms with Crippen molar-refractivity contribution in [1.29, 1.82) is 0 Å². The minimum absolute atomic E-state index is 0.207. The molecule has 2 N–H and O–H groups in total. The van der Waals surface area contributed by atoms with Crippen molar-refractivity contribution in [2.45, 2.75) is 25.9 Å². The van der Waals surface area contributed by atoms with Crippen molar-refractivity contribution in [1.82, 2.24) is 0 Å². The summed E-state index contributed by atoms with van der Waals surface area (Å²) in [5.74, 6) is -0.207. The van der Waals surface area contributed by atoms with Gasteiger partial charge in [0.25, 0.3) is 0 Å². The van der Waals surface area contributed by atoms with Crippen LogP contribution in [0.3, 0.4) is 0 Å². The number of ether oxygens (including phenoxy) is 1. The standard InChI is InChI=1S/C12H15NO3/c1-2-6-10(16-12(13)15)11(14)9-7-4-3-5-8-9/h3-5,7-8,10H,2,6H2,1H3,(H2,13,15). The zero-order chi connectivity index (χ0) is 12.0. The quantitative estimate of drug-likeness (QED) is 0.774. The van der Waals surface area contributed by atoms with Gasteiger partial charge < -0.3 is 10.5 Å². The first-order chi connectivity index (χ1) is 7.65. The van der Waals surface area contributed by atoms with Crippen molar-refractivity contribution in [3.8, 4) is 0 Å². The molecule has 4 heteroatoms. The zero-order valence-corrected chi connectivity index (χ0v) is 9.18. The summed E-state index contributed by atoms with van der Waals surface area (Å²) in [7, 11) is 0. The Kier molecular flexibility index (Phi) is 4.51. The van der Waals surface area contributed by atoms with E-state index in [2.05, 4.69) is 0 Å². The molecule has 16 heavy (non-hydrogen) atoms. The fourth-order valence-corrected chi connectivity index (χ4v) is 1.43. The first kappa shape index (κ1) is 12.2. The van der Waals surface area contributed by atoms with Gasteiger partial charge in [0, 0.05) is 5.56 Å². The lowest BCUT2D eigenvalue weighted by molar-refractivity contribution is 0.0633. The van der Waals surface area contributed by atoms with Gasteiger partial charge in [0.1, 0.15) is 0 Å². The Morgan fingerprint density at radius 2 is 1.94 bits per heavy atom. The van der Waals surface area contributed by atoms with E-state index in [4.69, 9.17) is 10.5 Å². The third kappa shape index (κ3) is 3.38. The van der Waals surface area contributed by atoms with Gasteiger partial charge in [-0.05, 0) is 6.42 Å². The second kappa shape index (κ2) is 5.90. The van der Waals surface area contributed by atoms with E-state index >= 15 is 0 Å². The topological polar surface area (TPSA) is 69.4 Å². The van der Waals surface area contributed by atoms with Crippen molar-refractivity contribution < 1.29 is 14.3 Å². The van der Waals surface area contributed by atoms with Crippen LogP contribution in [-0.2, 0) is 4.74 Å². The van der Waals surface area contributed by atoms with Crippen molar-refractivity contribution in [2.24, 2.45) is 5.73 Å². The van der Waals surface area contributed by atoms with Crippen LogP contribution >= 0.6 is 0 Å². The predicted octanol–water partition coefficient (Wildman–Crippen LogP) is 2.13. The van der Waals surface area contributed by atoms with Crippen LogP contribution in [0.4, 0.5) is 4.79 Å².